The van der Waals surface area contributed by atoms with E-state index in [9.17, 15) is 21.6 Å². The zero-order valence-corrected chi connectivity index (χ0v) is 20.1. The highest BCUT2D eigenvalue weighted by Crippen LogP contribution is 2.40. The van der Waals surface area contributed by atoms with E-state index in [1.54, 1.807) is 32.0 Å². The lowest BCUT2D eigenvalue weighted by Crippen LogP contribution is -2.46. The molecule has 2 aromatic carbocycles. The van der Waals surface area contributed by atoms with Gasteiger partial charge in [0.05, 0.1) is 25.8 Å². The Morgan fingerprint density at radius 3 is 2.35 bits per heavy atom. The average Bonchev–Trinajstić information content (AvgIpc) is 3.29. The number of anilines is 1. The van der Waals surface area contributed by atoms with Crippen molar-refractivity contribution in [2.75, 3.05) is 18.0 Å². The number of piperidine rings is 1. The fourth-order valence-corrected chi connectivity index (χ4v) is 6.25. The molecule has 1 fully saturated rings. The van der Waals surface area contributed by atoms with Crippen molar-refractivity contribution in [1.29, 1.82) is 0 Å². The molecule has 1 saturated heterocycles. The van der Waals surface area contributed by atoms with Gasteiger partial charge in [0.15, 0.2) is 9.84 Å². The molecule has 0 N–H and O–H groups in total. The van der Waals surface area contributed by atoms with E-state index in [2.05, 4.69) is 10.2 Å². The van der Waals surface area contributed by atoms with Crippen molar-refractivity contribution < 1.29 is 26.0 Å². The first-order chi connectivity index (χ1) is 15.9. The van der Waals surface area contributed by atoms with Crippen LogP contribution in [0.1, 0.15) is 32.3 Å². The van der Waals surface area contributed by atoms with Crippen LogP contribution in [0.3, 0.4) is 0 Å². The van der Waals surface area contributed by atoms with Crippen LogP contribution in [0.25, 0.3) is 11.5 Å². The molecule has 0 bridgehead atoms. The summed E-state index contributed by atoms with van der Waals surface area (Å²) in [6.07, 6.45) is -3.63. The average molecular weight is 514 g/mol. The van der Waals surface area contributed by atoms with Crippen LogP contribution < -0.4 is 4.90 Å². The summed E-state index contributed by atoms with van der Waals surface area (Å²) in [5.74, 6) is 0.0180. The summed E-state index contributed by atoms with van der Waals surface area (Å²) in [6.45, 7) is 4.09. The zero-order chi connectivity index (χ0) is 24.7. The maximum Gasteiger partial charge on any atom is 0.416 e. The Balaban J connectivity index is 1.49. The van der Waals surface area contributed by atoms with Gasteiger partial charge in [-0.25, -0.2) is 8.42 Å². The highest BCUT2D eigenvalue weighted by Gasteiger charge is 2.45. The molecule has 3 aromatic rings. The molecule has 0 unspecified atom stereocenters. The van der Waals surface area contributed by atoms with Crippen LogP contribution in [0.4, 0.5) is 19.2 Å². The van der Waals surface area contributed by atoms with Crippen molar-refractivity contribution in [3.63, 3.8) is 0 Å². The summed E-state index contributed by atoms with van der Waals surface area (Å²) in [4.78, 5) is 1.55. The molecule has 2 heterocycles. The van der Waals surface area contributed by atoms with Crippen LogP contribution in [0.5, 0.6) is 0 Å². The summed E-state index contributed by atoms with van der Waals surface area (Å²) in [5, 5.41) is 8.65. The molecule has 0 atom stereocenters. The highest BCUT2D eigenvalue weighted by atomic mass is 35.5. The molecule has 1 aliphatic rings. The van der Waals surface area contributed by atoms with E-state index in [1.807, 2.05) is 11.0 Å². The second kappa shape index (κ2) is 8.88. The van der Waals surface area contributed by atoms with Crippen molar-refractivity contribution in [3.8, 4) is 11.5 Å². The molecule has 34 heavy (non-hydrogen) atoms. The van der Waals surface area contributed by atoms with Gasteiger partial charge in [-0.3, -0.25) is 0 Å². The third kappa shape index (κ3) is 4.53. The van der Waals surface area contributed by atoms with E-state index < -0.39 is 26.3 Å². The lowest BCUT2D eigenvalue weighted by Gasteiger charge is -2.39. The zero-order valence-electron chi connectivity index (χ0n) is 18.5. The number of aromatic nitrogens is 2. The molecule has 0 saturated carbocycles. The monoisotopic (exact) mass is 513 g/mol. The number of hydrogen-bond acceptors (Lipinski definition) is 6. The Kier molecular flexibility index (Phi) is 6.41. The van der Waals surface area contributed by atoms with E-state index in [1.165, 1.54) is 6.07 Å². The quantitative estimate of drug-likeness (QED) is 0.424. The summed E-state index contributed by atoms with van der Waals surface area (Å²) < 4.78 is 70.6. The molecule has 182 valence electrons. The van der Waals surface area contributed by atoms with Crippen molar-refractivity contribution in [1.82, 2.24) is 10.2 Å². The van der Waals surface area contributed by atoms with Crippen molar-refractivity contribution in [2.45, 2.75) is 42.5 Å². The van der Waals surface area contributed by atoms with Crippen LogP contribution in [-0.4, -0.2) is 36.5 Å². The van der Waals surface area contributed by atoms with Gasteiger partial charge in [-0.05, 0) is 62.9 Å². The second-order valence-electron chi connectivity index (χ2n) is 8.76. The number of nitrogens with zero attached hydrogens (tertiary/aromatic N) is 3. The molecule has 1 aliphatic heterocycles. The number of hydrogen-bond donors (Lipinski definition) is 0. The Bertz CT molecular complexity index is 1280. The second-order valence-corrected chi connectivity index (χ2v) is 11.7. The normalized spacial score (nSPS) is 16.1. The van der Waals surface area contributed by atoms with E-state index in [0.717, 1.165) is 12.1 Å². The molecule has 4 rings (SSSR count). The van der Waals surface area contributed by atoms with E-state index in [0.29, 0.717) is 48.6 Å². The predicted molar refractivity (Wildman–Crippen MR) is 122 cm³/mol. The molecule has 11 heteroatoms. The molecule has 1 aromatic heterocycles. The topological polar surface area (TPSA) is 76.3 Å². The van der Waals surface area contributed by atoms with Gasteiger partial charge in [0.25, 0.3) is 5.89 Å². The molecular formula is C23H23ClF3N3O3S. The van der Waals surface area contributed by atoms with E-state index in [-0.39, 0.29) is 16.7 Å². The van der Waals surface area contributed by atoms with E-state index in [4.69, 9.17) is 16.0 Å². The minimum atomic E-state index is -4.62. The summed E-state index contributed by atoms with van der Waals surface area (Å²) in [7, 11) is -4.02. The van der Waals surface area contributed by atoms with Crippen LogP contribution in [0.2, 0.25) is 5.02 Å². The highest BCUT2D eigenvalue weighted by molar-refractivity contribution is 7.92. The number of sulfone groups is 1. The van der Waals surface area contributed by atoms with Crippen molar-refractivity contribution in [2.24, 2.45) is 5.92 Å². The van der Waals surface area contributed by atoms with Crippen LogP contribution in [0.15, 0.2) is 57.8 Å². The number of halogens is 4. The summed E-state index contributed by atoms with van der Waals surface area (Å²) in [6, 6.07) is 11.3. The molecule has 6 nitrogen and oxygen atoms in total. The largest absolute Gasteiger partial charge is 0.416 e. The van der Waals surface area contributed by atoms with Crippen LogP contribution >= 0.6 is 11.6 Å². The van der Waals surface area contributed by atoms with Gasteiger partial charge in [-0.1, -0.05) is 34.9 Å². The maximum absolute atomic E-state index is 13.3. The van der Waals surface area contributed by atoms with Gasteiger partial charge in [0.2, 0.25) is 0 Å². The standard InChI is InChI=1S/C23H23ClF3N3O3S/c1-22(2,34(31,32)17-7-5-6-16(14-17)23(25,26)27)15-10-12-30(13-11-15)21-29-28-20(33-21)18-8-3-4-9-19(18)24/h3-9,14-15H,10-13H2,1-2H3. The third-order valence-electron chi connectivity index (χ3n) is 6.43. The third-order valence-corrected chi connectivity index (χ3v) is 9.35. The van der Waals surface area contributed by atoms with Gasteiger partial charge in [-0.15, -0.1) is 5.10 Å². The first-order valence-electron chi connectivity index (χ1n) is 10.7. The first kappa shape index (κ1) is 24.5. The van der Waals surface area contributed by atoms with Crippen LogP contribution in [-0.2, 0) is 16.0 Å². The van der Waals surface area contributed by atoms with Crippen molar-refractivity contribution in [3.05, 3.63) is 59.1 Å². The Hall–Kier alpha value is -2.59. The molecule has 0 spiro atoms. The number of rotatable bonds is 5. The first-order valence-corrected chi connectivity index (χ1v) is 12.5. The molecular weight excluding hydrogens is 491 g/mol. The molecule has 0 aliphatic carbocycles. The van der Waals surface area contributed by atoms with Gasteiger partial charge in [0, 0.05) is 13.1 Å². The van der Waals surface area contributed by atoms with E-state index >= 15 is 0 Å². The van der Waals surface area contributed by atoms with Gasteiger partial charge >= 0.3 is 12.2 Å². The fourth-order valence-electron chi connectivity index (χ4n) is 4.22. The Morgan fingerprint density at radius 2 is 1.71 bits per heavy atom. The molecule has 0 amide bonds. The van der Waals surface area contributed by atoms with Gasteiger partial charge in [-0.2, -0.15) is 13.2 Å². The Labute approximate surface area is 200 Å². The van der Waals surface area contributed by atoms with Crippen molar-refractivity contribution >= 4 is 27.5 Å². The SMILES string of the molecule is CC(C)(C1CCN(c2nnc(-c3ccccc3Cl)o2)CC1)S(=O)(=O)c1cccc(C(F)(F)F)c1. The number of alkyl halides is 3. The lowest BCUT2D eigenvalue weighted by atomic mass is 9.86. The maximum atomic E-state index is 13.3. The predicted octanol–water partition coefficient (Wildman–Crippen LogP) is 5.88. The lowest BCUT2D eigenvalue weighted by molar-refractivity contribution is -0.137. The Morgan fingerprint density at radius 1 is 1.03 bits per heavy atom. The number of benzene rings is 2. The summed E-state index contributed by atoms with van der Waals surface area (Å²) in [5.41, 5.74) is -0.365. The fraction of sp³-hybridized carbons (Fsp3) is 0.391. The van der Waals surface area contributed by atoms with Gasteiger partial charge < -0.3 is 9.32 Å². The minimum Gasteiger partial charge on any atom is -0.403 e. The summed E-state index contributed by atoms with van der Waals surface area (Å²) >= 11 is 6.19. The smallest absolute Gasteiger partial charge is 0.403 e. The molecule has 0 radical (unpaired) electrons. The minimum absolute atomic E-state index is 0.269. The van der Waals surface area contributed by atoms with Crippen LogP contribution in [0, 0.1) is 5.92 Å². The van der Waals surface area contributed by atoms with Gasteiger partial charge in [0.1, 0.15) is 0 Å².